The number of azo groups is 1. The molecule has 0 aliphatic heterocycles. The van der Waals surface area contributed by atoms with E-state index in [1.54, 1.807) is 7.05 Å². The van der Waals surface area contributed by atoms with Gasteiger partial charge >= 0.3 is 0 Å². The number of aromatic hydroxyl groups is 1. The molecule has 0 spiro atoms. The second-order valence-electron chi connectivity index (χ2n) is 5.51. The molecule has 0 aliphatic rings. The van der Waals surface area contributed by atoms with Gasteiger partial charge in [0.05, 0.1) is 5.69 Å². The van der Waals surface area contributed by atoms with Crippen LogP contribution in [-0.4, -0.2) is 12.2 Å². The van der Waals surface area contributed by atoms with Gasteiger partial charge in [-0.3, -0.25) is 10.3 Å². The van der Waals surface area contributed by atoms with Crippen molar-refractivity contribution in [3.05, 3.63) is 65.7 Å². The molecule has 5 heteroatoms. The maximum Gasteiger partial charge on any atom is 0.149 e. The number of benzene rings is 3. The lowest BCUT2D eigenvalue weighted by Gasteiger charge is -2.12. The fourth-order valence-corrected chi connectivity index (χ4v) is 2.59. The average Bonchev–Trinajstić information content (AvgIpc) is 2.58. The van der Waals surface area contributed by atoms with Crippen LogP contribution in [-0.2, 0) is 11.4 Å². The van der Waals surface area contributed by atoms with Crippen molar-refractivity contribution in [1.29, 1.82) is 0 Å². The second kappa shape index (κ2) is 7.10. The van der Waals surface area contributed by atoms with Gasteiger partial charge in [0.15, 0.2) is 0 Å². The predicted molar refractivity (Wildman–Crippen MR) is 95.6 cm³/mol. The third kappa shape index (κ3) is 3.36. The molecule has 0 radical (unpaired) electrons. The van der Waals surface area contributed by atoms with E-state index in [9.17, 15) is 5.11 Å². The second-order valence-corrected chi connectivity index (χ2v) is 5.51. The molecule has 24 heavy (non-hydrogen) atoms. The molecule has 122 valence electrons. The van der Waals surface area contributed by atoms with Gasteiger partial charge in [-0.2, -0.15) is 10.2 Å². The Hall–Kier alpha value is -2.92. The SMILES string of the molecule is CN=Nc1c(O)c(CONc2cccc(C)c2)cc2ccccc12. The molecular formula is C19H19N3O2. The Balaban J connectivity index is 1.85. The summed E-state index contributed by atoms with van der Waals surface area (Å²) in [6.07, 6.45) is 0. The molecule has 0 unspecified atom stereocenters. The number of nitrogens with zero attached hydrogens (tertiary/aromatic N) is 2. The van der Waals surface area contributed by atoms with Gasteiger partial charge in [-0.25, -0.2) is 0 Å². The number of phenols is 1. The summed E-state index contributed by atoms with van der Waals surface area (Å²) in [4.78, 5) is 5.54. The van der Waals surface area contributed by atoms with E-state index in [-0.39, 0.29) is 12.4 Å². The number of fused-ring (bicyclic) bond motifs is 1. The lowest BCUT2D eigenvalue weighted by atomic mass is 10.0. The largest absolute Gasteiger partial charge is 0.505 e. The fourth-order valence-electron chi connectivity index (χ4n) is 2.59. The molecule has 5 nitrogen and oxygen atoms in total. The van der Waals surface area contributed by atoms with Crippen LogP contribution < -0.4 is 5.48 Å². The Morgan fingerprint density at radius 2 is 1.92 bits per heavy atom. The summed E-state index contributed by atoms with van der Waals surface area (Å²) in [5, 5.41) is 20.2. The summed E-state index contributed by atoms with van der Waals surface area (Å²) in [6.45, 7) is 2.22. The van der Waals surface area contributed by atoms with Crippen molar-refractivity contribution in [2.75, 3.05) is 12.5 Å². The van der Waals surface area contributed by atoms with Gasteiger partial charge in [0.2, 0.25) is 0 Å². The van der Waals surface area contributed by atoms with Gasteiger partial charge in [0.25, 0.3) is 0 Å². The number of rotatable bonds is 5. The van der Waals surface area contributed by atoms with Crippen LogP contribution >= 0.6 is 0 Å². The predicted octanol–water partition coefficient (Wildman–Crippen LogP) is 5.11. The van der Waals surface area contributed by atoms with Gasteiger partial charge in [-0.1, -0.05) is 36.4 Å². The molecule has 0 atom stereocenters. The number of hydrogen-bond acceptors (Lipinski definition) is 5. The standard InChI is InChI=1S/C19H19N3O2/c1-13-6-5-8-16(10-13)22-24-12-15-11-14-7-3-4-9-17(14)18(19(15)23)21-20-2/h3-11,22-23H,12H2,1-2H3. The molecule has 3 rings (SSSR count). The van der Waals surface area contributed by atoms with Gasteiger partial charge in [0.1, 0.15) is 18.0 Å². The molecule has 0 fully saturated rings. The maximum absolute atomic E-state index is 10.5. The monoisotopic (exact) mass is 321 g/mol. The van der Waals surface area contributed by atoms with Crippen molar-refractivity contribution in [3.8, 4) is 5.75 Å². The lowest BCUT2D eigenvalue weighted by Crippen LogP contribution is -2.02. The molecule has 0 saturated carbocycles. The van der Waals surface area contributed by atoms with Crippen molar-refractivity contribution in [2.24, 2.45) is 10.2 Å². The van der Waals surface area contributed by atoms with Crippen LogP contribution in [0.3, 0.4) is 0 Å². The van der Waals surface area contributed by atoms with Crippen LogP contribution in [0.1, 0.15) is 11.1 Å². The summed E-state index contributed by atoms with van der Waals surface area (Å²) in [7, 11) is 1.58. The van der Waals surface area contributed by atoms with E-state index in [1.807, 2.05) is 61.5 Å². The zero-order chi connectivity index (χ0) is 16.9. The first-order valence-corrected chi connectivity index (χ1v) is 7.67. The van der Waals surface area contributed by atoms with E-state index in [0.717, 1.165) is 22.0 Å². The Morgan fingerprint density at radius 1 is 1.08 bits per heavy atom. The van der Waals surface area contributed by atoms with Crippen LogP contribution in [0.5, 0.6) is 5.75 Å². The maximum atomic E-state index is 10.5. The van der Waals surface area contributed by atoms with Crippen molar-refractivity contribution in [1.82, 2.24) is 0 Å². The molecule has 0 bridgehead atoms. The number of hydrogen-bond donors (Lipinski definition) is 2. The molecule has 3 aromatic rings. The van der Waals surface area contributed by atoms with Crippen LogP contribution in [0.2, 0.25) is 0 Å². The minimum Gasteiger partial charge on any atom is -0.505 e. The van der Waals surface area contributed by atoms with Gasteiger partial charge in [0, 0.05) is 18.0 Å². The molecular weight excluding hydrogens is 302 g/mol. The highest BCUT2D eigenvalue weighted by Crippen LogP contribution is 2.38. The number of aryl methyl sites for hydroxylation is 1. The number of anilines is 1. The van der Waals surface area contributed by atoms with E-state index >= 15 is 0 Å². The zero-order valence-corrected chi connectivity index (χ0v) is 13.7. The van der Waals surface area contributed by atoms with Crippen LogP contribution in [0.15, 0.2) is 64.8 Å². The first-order valence-electron chi connectivity index (χ1n) is 7.67. The van der Waals surface area contributed by atoms with E-state index < -0.39 is 0 Å². The number of phenolic OH excluding ortho intramolecular Hbond substituents is 1. The fraction of sp³-hybridized carbons (Fsp3) is 0.158. The summed E-state index contributed by atoms with van der Waals surface area (Å²) >= 11 is 0. The third-order valence-electron chi connectivity index (χ3n) is 3.71. The Kier molecular flexibility index (Phi) is 4.72. The molecule has 0 heterocycles. The zero-order valence-electron chi connectivity index (χ0n) is 13.7. The van der Waals surface area contributed by atoms with Gasteiger partial charge < -0.3 is 5.11 Å². The normalized spacial score (nSPS) is 11.2. The Bertz CT molecular complexity index is 891. The Morgan fingerprint density at radius 3 is 2.71 bits per heavy atom. The third-order valence-corrected chi connectivity index (χ3v) is 3.71. The summed E-state index contributed by atoms with van der Waals surface area (Å²) < 4.78 is 0. The van der Waals surface area contributed by atoms with Gasteiger partial charge in [-0.15, -0.1) is 0 Å². The molecule has 0 aromatic heterocycles. The van der Waals surface area contributed by atoms with Gasteiger partial charge in [-0.05, 0) is 36.1 Å². The highest BCUT2D eigenvalue weighted by molar-refractivity contribution is 5.96. The summed E-state index contributed by atoms with van der Waals surface area (Å²) in [5.41, 5.74) is 6.01. The van der Waals surface area contributed by atoms with Crippen LogP contribution in [0, 0.1) is 6.92 Å². The van der Waals surface area contributed by atoms with Crippen molar-refractivity contribution < 1.29 is 9.94 Å². The molecule has 2 N–H and O–H groups in total. The van der Waals surface area contributed by atoms with E-state index in [2.05, 4.69) is 15.7 Å². The number of nitrogens with one attached hydrogen (secondary N) is 1. The lowest BCUT2D eigenvalue weighted by molar-refractivity contribution is 0.177. The van der Waals surface area contributed by atoms with E-state index in [1.165, 1.54) is 0 Å². The first kappa shape index (κ1) is 16.0. The molecule has 0 saturated heterocycles. The quantitative estimate of drug-likeness (QED) is 0.507. The average molecular weight is 321 g/mol. The molecule has 0 aliphatic carbocycles. The van der Waals surface area contributed by atoms with Crippen LogP contribution in [0.25, 0.3) is 10.8 Å². The Labute approximate surface area is 140 Å². The van der Waals surface area contributed by atoms with E-state index in [0.29, 0.717) is 11.3 Å². The minimum atomic E-state index is 0.0883. The summed E-state index contributed by atoms with van der Waals surface area (Å²) in [6, 6.07) is 17.5. The van der Waals surface area contributed by atoms with Crippen molar-refractivity contribution in [3.63, 3.8) is 0 Å². The topological polar surface area (TPSA) is 66.2 Å². The minimum absolute atomic E-state index is 0.0883. The molecule has 3 aromatic carbocycles. The molecule has 0 amide bonds. The highest BCUT2D eigenvalue weighted by atomic mass is 16.6. The van der Waals surface area contributed by atoms with Crippen molar-refractivity contribution >= 4 is 22.1 Å². The smallest absolute Gasteiger partial charge is 0.149 e. The first-order chi connectivity index (χ1) is 11.7. The van der Waals surface area contributed by atoms with E-state index in [4.69, 9.17) is 4.84 Å². The van der Waals surface area contributed by atoms with Crippen molar-refractivity contribution in [2.45, 2.75) is 13.5 Å². The summed E-state index contributed by atoms with van der Waals surface area (Å²) in [5.74, 6) is 0.0883. The van der Waals surface area contributed by atoms with Crippen LogP contribution in [0.4, 0.5) is 11.4 Å². The highest BCUT2D eigenvalue weighted by Gasteiger charge is 2.12.